The van der Waals surface area contributed by atoms with Crippen LogP contribution in [0.5, 0.6) is 0 Å². The molecule has 0 aliphatic carbocycles. The third-order valence-corrected chi connectivity index (χ3v) is 1.95. The second-order valence-corrected chi connectivity index (χ2v) is 2.86. The van der Waals surface area contributed by atoms with Gasteiger partial charge in [0, 0.05) is 5.39 Å². The third-order valence-electron chi connectivity index (χ3n) is 1.95. The Balaban J connectivity index is 0.000000531. The van der Waals surface area contributed by atoms with Crippen LogP contribution in [0, 0.1) is 24.1 Å². The Labute approximate surface area is 87.9 Å². The van der Waals surface area contributed by atoms with E-state index in [1.807, 2.05) is 26.8 Å². The van der Waals surface area contributed by atoms with E-state index in [0.29, 0.717) is 11.0 Å². The zero-order valence-electron chi connectivity index (χ0n) is 8.97. The molecule has 1 heterocycles. The van der Waals surface area contributed by atoms with Crippen LogP contribution in [0.1, 0.15) is 25.0 Å². The lowest BCUT2D eigenvalue weighted by molar-refractivity contribution is 0.606. The molecule has 78 valence electrons. The smallest absolute Gasteiger partial charge is 0.152 e. The number of aryl methyl sites for hydroxylation is 1. The molecule has 3 heteroatoms. The molecule has 1 aromatic carbocycles. The molecule has 0 unspecified atom stereocenters. The molecular formula is C12H12FNO. The number of hydrogen-bond acceptors (Lipinski definition) is 2. The Bertz CT molecular complexity index is 508. The molecule has 1 aromatic heterocycles. The summed E-state index contributed by atoms with van der Waals surface area (Å²) < 4.78 is 18.1. The summed E-state index contributed by atoms with van der Waals surface area (Å²) in [5.74, 6) is -0.409. The molecule has 2 rings (SSSR count). The maximum absolute atomic E-state index is 12.9. The number of benzene rings is 1. The Morgan fingerprint density at radius 3 is 2.60 bits per heavy atom. The van der Waals surface area contributed by atoms with Crippen LogP contribution in [-0.4, -0.2) is 0 Å². The van der Waals surface area contributed by atoms with Gasteiger partial charge in [-0.05, 0) is 24.6 Å². The van der Waals surface area contributed by atoms with Crippen molar-refractivity contribution in [1.82, 2.24) is 0 Å². The average Bonchev–Trinajstić information content (AvgIpc) is 2.62. The van der Waals surface area contributed by atoms with Crippen molar-refractivity contribution in [1.29, 1.82) is 5.26 Å². The van der Waals surface area contributed by atoms with E-state index in [9.17, 15) is 4.39 Å². The van der Waals surface area contributed by atoms with Gasteiger partial charge in [-0.3, -0.25) is 0 Å². The van der Waals surface area contributed by atoms with Crippen LogP contribution in [0.3, 0.4) is 0 Å². The minimum absolute atomic E-state index is 0.239. The van der Waals surface area contributed by atoms with E-state index in [1.54, 1.807) is 0 Å². The van der Waals surface area contributed by atoms with Gasteiger partial charge in [0.2, 0.25) is 0 Å². The highest BCUT2D eigenvalue weighted by molar-refractivity contribution is 5.85. The summed E-state index contributed by atoms with van der Waals surface area (Å²) in [7, 11) is 0. The lowest BCUT2D eigenvalue weighted by atomic mass is 10.1. The van der Waals surface area contributed by atoms with Crippen LogP contribution in [0.15, 0.2) is 22.8 Å². The lowest BCUT2D eigenvalue weighted by Gasteiger charge is -1.93. The minimum atomic E-state index is -0.409. The topological polar surface area (TPSA) is 36.9 Å². The average molecular weight is 205 g/mol. The van der Waals surface area contributed by atoms with Gasteiger partial charge in [-0.15, -0.1) is 0 Å². The number of furan rings is 1. The van der Waals surface area contributed by atoms with Crippen molar-refractivity contribution in [3.63, 3.8) is 0 Å². The van der Waals surface area contributed by atoms with Crippen molar-refractivity contribution in [3.05, 3.63) is 35.3 Å². The van der Waals surface area contributed by atoms with Crippen molar-refractivity contribution in [3.8, 4) is 6.07 Å². The number of nitriles is 1. The van der Waals surface area contributed by atoms with Gasteiger partial charge in [0.1, 0.15) is 11.9 Å². The van der Waals surface area contributed by atoms with Gasteiger partial charge in [-0.1, -0.05) is 13.8 Å². The first-order valence-corrected chi connectivity index (χ1v) is 4.80. The van der Waals surface area contributed by atoms with Gasteiger partial charge >= 0.3 is 0 Å². The standard InChI is InChI=1S/C10H6FNO.C2H6/c1-6-5-13-10-7(4-12)2-8(11)3-9(6)10;1-2/h2-3,5H,1H3;1-2H3. The molecule has 0 fully saturated rings. The molecule has 0 N–H and O–H groups in total. The Morgan fingerprint density at radius 1 is 1.33 bits per heavy atom. The minimum Gasteiger partial charge on any atom is -0.463 e. The monoisotopic (exact) mass is 205 g/mol. The Morgan fingerprint density at radius 2 is 2.00 bits per heavy atom. The molecule has 2 nitrogen and oxygen atoms in total. The van der Waals surface area contributed by atoms with Gasteiger partial charge in [-0.25, -0.2) is 4.39 Å². The van der Waals surface area contributed by atoms with Gasteiger partial charge in [0.25, 0.3) is 0 Å². The van der Waals surface area contributed by atoms with Crippen LogP contribution >= 0.6 is 0 Å². The summed E-state index contributed by atoms with van der Waals surface area (Å²) in [6.45, 7) is 5.81. The van der Waals surface area contributed by atoms with E-state index in [-0.39, 0.29) is 5.56 Å². The van der Waals surface area contributed by atoms with Gasteiger partial charge in [0.15, 0.2) is 5.58 Å². The van der Waals surface area contributed by atoms with Gasteiger partial charge in [-0.2, -0.15) is 5.26 Å². The SMILES string of the molecule is CC.Cc1coc2c(C#N)cc(F)cc12. The van der Waals surface area contributed by atoms with E-state index >= 15 is 0 Å². The summed E-state index contributed by atoms with van der Waals surface area (Å²) in [5.41, 5.74) is 1.54. The summed E-state index contributed by atoms with van der Waals surface area (Å²) >= 11 is 0. The molecule has 0 amide bonds. The summed E-state index contributed by atoms with van der Waals surface area (Å²) in [5, 5.41) is 9.36. The molecule has 0 aliphatic heterocycles. The number of rotatable bonds is 0. The fraction of sp³-hybridized carbons (Fsp3) is 0.250. The predicted octanol–water partition coefficient (Wildman–Crippen LogP) is 3.78. The first-order chi connectivity index (χ1) is 7.22. The van der Waals surface area contributed by atoms with E-state index in [2.05, 4.69) is 0 Å². The Hall–Kier alpha value is -1.82. The fourth-order valence-corrected chi connectivity index (χ4v) is 1.31. The van der Waals surface area contributed by atoms with Crippen molar-refractivity contribution in [2.45, 2.75) is 20.8 Å². The molecule has 0 radical (unpaired) electrons. The second-order valence-electron chi connectivity index (χ2n) is 2.86. The molecule has 2 aromatic rings. The molecule has 0 saturated heterocycles. The normalized spacial score (nSPS) is 9.27. The van der Waals surface area contributed by atoms with Gasteiger partial charge < -0.3 is 4.42 Å². The molecule has 0 aliphatic rings. The number of nitrogens with zero attached hydrogens (tertiary/aromatic N) is 1. The zero-order valence-corrected chi connectivity index (χ0v) is 8.97. The van der Waals surface area contributed by atoms with E-state index in [1.165, 1.54) is 18.4 Å². The first kappa shape index (κ1) is 11.3. The summed E-state index contributed by atoms with van der Waals surface area (Å²) in [6.07, 6.45) is 1.52. The molecule has 0 saturated carbocycles. The molecule has 0 spiro atoms. The molecule has 0 atom stereocenters. The molecule has 15 heavy (non-hydrogen) atoms. The maximum Gasteiger partial charge on any atom is 0.152 e. The highest BCUT2D eigenvalue weighted by Crippen LogP contribution is 2.24. The summed E-state index contributed by atoms with van der Waals surface area (Å²) in [4.78, 5) is 0. The van der Waals surface area contributed by atoms with Crippen LogP contribution < -0.4 is 0 Å². The number of fused-ring (bicyclic) bond motifs is 1. The first-order valence-electron chi connectivity index (χ1n) is 4.80. The summed E-state index contributed by atoms with van der Waals surface area (Å²) in [6, 6.07) is 4.43. The van der Waals surface area contributed by atoms with E-state index in [4.69, 9.17) is 9.68 Å². The van der Waals surface area contributed by atoms with Crippen molar-refractivity contribution in [2.24, 2.45) is 0 Å². The predicted molar refractivity (Wildman–Crippen MR) is 57.0 cm³/mol. The lowest BCUT2D eigenvalue weighted by Crippen LogP contribution is -1.80. The van der Waals surface area contributed by atoms with Crippen LogP contribution in [0.4, 0.5) is 4.39 Å². The van der Waals surface area contributed by atoms with Crippen LogP contribution in [-0.2, 0) is 0 Å². The third kappa shape index (κ3) is 1.99. The van der Waals surface area contributed by atoms with Crippen molar-refractivity contribution >= 4 is 11.0 Å². The number of halogens is 1. The van der Waals surface area contributed by atoms with E-state index in [0.717, 1.165) is 5.56 Å². The Kier molecular flexibility index (Phi) is 3.46. The van der Waals surface area contributed by atoms with Crippen LogP contribution in [0.25, 0.3) is 11.0 Å². The van der Waals surface area contributed by atoms with E-state index < -0.39 is 5.82 Å². The highest BCUT2D eigenvalue weighted by atomic mass is 19.1. The highest BCUT2D eigenvalue weighted by Gasteiger charge is 2.08. The fourth-order valence-electron chi connectivity index (χ4n) is 1.31. The van der Waals surface area contributed by atoms with Crippen LogP contribution in [0.2, 0.25) is 0 Å². The molecular weight excluding hydrogens is 193 g/mol. The van der Waals surface area contributed by atoms with Gasteiger partial charge in [0.05, 0.1) is 11.8 Å². The maximum atomic E-state index is 12.9. The zero-order chi connectivity index (χ0) is 11.4. The quantitative estimate of drug-likeness (QED) is 0.656. The van der Waals surface area contributed by atoms with Crippen molar-refractivity contribution in [2.75, 3.05) is 0 Å². The number of hydrogen-bond donors (Lipinski definition) is 0. The second kappa shape index (κ2) is 4.61. The largest absolute Gasteiger partial charge is 0.463 e. The van der Waals surface area contributed by atoms with Crippen molar-refractivity contribution < 1.29 is 8.81 Å². The molecule has 0 bridgehead atoms.